The van der Waals surface area contributed by atoms with Gasteiger partial charge in [-0.15, -0.1) is 5.10 Å². The molecule has 0 amide bonds. The quantitative estimate of drug-likeness (QED) is 0.313. The van der Waals surface area contributed by atoms with E-state index < -0.39 is 11.6 Å². The molecule has 1 aliphatic rings. The first-order valence-corrected chi connectivity index (χ1v) is 11.9. The number of benzene rings is 3. The Bertz CT molecular complexity index is 1500. The summed E-state index contributed by atoms with van der Waals surface area (Å²) in [6.45, 7) is 0. The molecule has 0 saturated heterocycles. The Labute approximate surface area is 201 Å². The van der Waals surface area contributed by atoms with Crippen molar-refractivity contribution in [1.29, 1.82) is 0 Å². The lowest BCUT2D eigenvalue weighted by atomic mass is 9.88. The zero-order chi connectivity index (χ0) is 24.0. The van der Waals surface area contributed by atoms with E-state index in [0.717, 1.165) is 29.6 Å². The highest BCUT2D eigenvalue weighted by molar-refractivity contribution is 6.09. The second-order valence-corrected chi connectivity index (χ2v) is 9.04. The zero-order valence-electron chi connectivity index (χ0n) is 19.4. The van der Waals surface area contributed by atoms with Crippen LogP contribution in [0.3, 0.4) is 0 Å². The lowest BCUT2D eigenvalue weighted by Crippen LogP contribution is -2.36. The number of carbonyl (C=O) groups is 1. The predicted molar refractivity (Wildman–Crippen MR) is 133 cm³/mol. The van der Waals surface area contributed by atoms with Crippen LogP contribution in [-0.2, 0) is 21.6 Å². The first-order chi connectivity index (χ1) is 17.1. The average molecular weight is 469 g/mol. The van der Waals surface area contributed by atoms with Gasteiger partial charge in [-0.2, -0.15) is 0 Å². The largest absolute Gasteiger partial charge is 0.466 e. The van der Waals surface area contributed by atoms with Crippen molar-refractivity contribution in [2.75, 3.05) is 7.11 Å². The number of methoxy groups -OCH3 is 1. The van der Waals surface area contributed by atoms with Crippen LogP contribution < -0.4 is 0 Å². The van der Waals surface area contributed by atoms with Gasteiger partial charge in [-0.1, -0.05) is 48.0 Å². The van der Waals surface area contributed by atoms with E-state index in [2.05, 4.69) is 39.1 Å². The van der Waals surface area contributed by atoms with Crippen LogP contribution in [0.1, 0.15) is 37.1 Å². The van der Waals surface area contributed by atoms with Crippen molar-refractivity contribution in [3.8, 4) is 11.4 Å². The number of ether oxygens (including phenoxy) is 1. The molecule has 35 heavy (non-hydrogen) atoms. The van der Waals surface area contributed by atoms with E-state index in [9.17, 15) is 4.79 Å². The molecule has 5 aromatic rings. The highest BCUT2D eigenvalue weighted by atomic mass is 19.1. The number of aromatic nitrogens is 4. The molecule has 0 fully saturated rings. The molecule has 0 radical (unpaired) electrons. The normalized spacial score (nSPS) is 18.2. The summed E-state index contributed by atoms with van der Waals surface area (Å²) in [6, 6.07) is 24.4. The van der Waals surface area contributed by atoms with Gasteiger partial charge in [0.15, 0.2) is 0 Å². The standard InChI is InChI=1S/C28H25FN4O2/c1-35-27(34)28(29)18-8-2-3-11-23-26(28)33(31-30-23)20-16-14-19(15-17-20)32-24-12-6-4-9-21(24)22-10-5-7-13-25(22)32/h4-7,9-10,12-17H,2-3,8,11,18H2,1H3. The number of rotatable bonds is 3. The van der Waals surface area contributed by atoms with Gasteiger partial charge in [0.05, 0.1) is 29.5 Å². The van der Waals surface area contributed by atoms with Crippen molar-refractivity contribution >= 4 is 27.8 Å². The molecule has 6 rings (SSSR count). The number of fused-ring (bicyclic) bond motifs is 4. The van der Waals surface area contributed by atoms with Gasteiger partial charge < -0.3 is 9.30 Å². The van der Waals surface area contributed by atoms with E-state index >= 15 is 4.39 Å². The Morgan fingerprint density at radius 2 is 1.51 bits per heavy atom. The summed E-state index contributed by atoms with van der Waals surface area (Å²) in [6.07, 6.45) is 2.96. The summed E-state index contributed by atoms with van der Waals surface area (Å²) < 4.78 is 24.8. The van der Waals surface area contributed by atoms with Gasteiger partial charge in [0.1, 0.15) is 5.69 Å². The fraction of sp³-hybridized carbons (Fsp3) is 0.250. The SMILES string of the molecule is COC(=O)C1(F)CCCCCc2nnn(-c3ccc(-n4c5ccccc5c5ccccc54)cc3)c21. The number of esters is 1. The molecule has 0 saturated carbocycles. The van der Waals surface area contributed by atoms with E-state index in [4.69, 9.17) is 4.74 Å². The Kier molecular flexibility index (Phi) is 5.13. The molecule has 1 aliphatic carbocycles. The second-order valence-electron chi connectivity index (χ2n) is 9.04. The minimum Gasteiger partial charge on any atom is -0.466 e. The van der Waals surface area contributed by atoms with Crippen LogP contribution in [0.2, 0.25) is 0 Å². The fourth-order valence-corrected chi connectivity index (χ4v) is 5.32. The number of nitrogens with zero attached hydrogens (tertiary/aromatic N) is 4. The monoisotopic (exact) mass is 468 g/mol. The minimum absolute atomic E-state index is 0.0550. The first kappa shape index (κ1) is 21.5. The third-order valence-corrected chi connectivity index (χ3v) is 6.99. The van der Waals surface area contributed by atoms with Crippen molar-refractivity contribution in [1.82, 2.24) is 19.6 Å². The molecule has 0 spiro atoms. The van der Waals surface area contributed by atoms with E-state index in [1.807, 2.05) is 48.5 Å². The predicted octanol–water partition coefficient (Wildman–Crippen LogP) is 5.82. The lowest BCUT2D eigenvalue weighted by molar-refractivity contribution is -0.156. The molecule has 6 nitrogen and oxygen atoms in total. The minimum atomic E-state index is -2.28. The first-order valence-electron chi connectivity index (χ1n) is 11.9. The lowest BCUT2D eigenvalue weighted by Gasteiger charge is -2.26. The van der Waals surface area contributed by atoms with Gasteiger partial charge in [-0.25, -0.2) is 13.9 Å². The van der Waals surface area contributed by atoms with Gasteiger partial charge in [-0.3, -0.25) is 0 Å². The van der Waals surface area contributed by atoms with Crippen LogP contribution in [-0.4, -0.2) is 32.6 Å². The third-order valence-electron chi connectivity index (χ3n) is 6.99. The molecule has 3 aromatic carbocycles. The number of hydrogen-bond donors (Lipinski definition) is 0. The van der Waals surface area contributed by atoms with Crippen LogP contribution in [0.4, 0.5) is 4.39 Å². The molecule has 0 aliphatic heterocycles. The topological polar surface area (TPSA) is 61.9 Å². The summed E-state index contributed by atoms with van der Waals surface area (Å²) in [5.74, 6) is -0.897. The number of aryl methyl sites for hydroxylation is 1. The van der Waals surface area contributed by atoms with Gasteiger partial charge in [-0.05, 0) is 62.1 Å². The van der Waals surface area contributed by atoms with Crippen LogP contribution in [0.5, 0.6) is 0 Å². The van der Waals surface area contributed by atoms with E-state index in [1.54, 1.807) is 0 Å². The number of halogens is 1. The Balaban J connectivity index is 1.48. The summed E-state index contributed by atoms with van der Waals surface area (Å²) in [7, 11) is 1.22. The maximum atomic E-state index is 16.3. The number of para-hydroxylation sites is 2. The van der Waals surface area contributed by atoms with Crippen LogP contribution >= 0.6 is 0 Å². The van der Waals surface area contributed by atoms with Crippen molar-refractivity contribution in [2.24, 2.45) is 0 Å². The Morgan fingerprint density at radius 3 is 2.17 bits per heavy atom. The Hall–Kier alpha value is -4.00. The summed E-state index contributed by atoms with van der Waals surface area (Å²) >= 11 is 0. The molecule has 2 heterocycles. The van der Waals surface area contributed by atoms with Gasteiger partial charge >= 0.3 is 5.97 Å². The van der Waals surface area contributed by atoms with Crippen molar-refractivity contribution in [2.45, 2.75) is 37.8 Å². The van der Waals surface area contributed by atoms with Crippen LogP contribution in [0.15, 0.2) is 72.8 Å². The van der Waals surface area contributed by atoms with Crippen LogP contribution in [0.25, 0.3) is 33.2 Å². The molecule has 1 atom stereocenters. The maximum absolute atomic E-state index is 16.3. The molecular weight excluding hydrogens is 443 g/mol. The van der Waals surface area contributed by atoms with Crippen molar-refractivity contribution < 1.29 is 13.9 Å². The molecule has 7 heteroatoms. The molecular formula is C28H25FN4O2. The van der Waals surface area contributed by atoms with Gasteiger partial charge in [0, 0.05) is 16.5 Å². The molecule has 176 valence electrons. The van der Waals surface area contributed by atoms with Crippen molar-refractivity contribution in [3.63, 3.8) is 0 Å². The maximum Gasteiger partial charge on any atom is 0.350 e. The van der Waals surface area contributed by atoms with Crippen molar-refractivity contribution in [3.05, 3.63) is 84.2 Å². The van der Waals surface area contributed by atoms with Crippen LogP contribution in [0, 0.1) is 0 Å². The molecule has 0 bridgehead atoms. The summed E-state index contributed by atoms with van der Waals surface area (Å²) in [5.41, 5.74) is 2.28. The second kappa shape index (κ2) is 8.34. The van der Waals surface area contributed by atoms with E-state index in [1.165, 1.54) is 22.6 Å². The molecule has 2 aromatic heterocycles. The zero-order valence-corrected chi connectivity index (χ0v) is 19.4. The molecule has 0 N–H and O–H groups in total. The van der Waals surface area contributed by atoms with E-state index in [-0.39, 0.29) is 12.1 Å². The number of alkyl halides is 1. The summed E-state index contributed by atoms with van der Waals surface area (Å²) in [5, 5.41) is 10.9. The van der Waals surface area contributed by atoms with E-state index in [0.29, 0.717) is 24.2 Å². The van der Waals surface area contributed by atoms with Gasteiger partial charge in [0.2, 0.25) is 0 Å². The van der Waals surface area contributed by atoms with Gasteiger partial charge in [0.25, 0.3) is 5.67 Å². The third kappa shape index (κ3) is 3.33. The highest BCUT2D eigenvalue weighted by Gasteiger charge is 2.47. The molecule has 1 unspecified atom stereocenters. The summed E-state index contributed by atoms with van der Waals surface area (Å²) in [4.78, 5) is 12.6. The smallest absolute Gasteiger partial charge is 0.350 e. The number of carbonyl (C=O) groups excluding carboxylic acids is 1. The highest BCUT2D eigenvalue weighted by Crippen LogP contribution is 2.39. The number of hydrogen-bond acceptors (Lipinski definition) is 4. The fourth-order valence-electron chi connectivity index (χ4n) is 5.32. The average Bonchev–Trinajstić information content (AvgIpc) is 3.46. The Morgan fingerprint density at radius 1 is 0.886 bits per heavy atom.